The van der Waals surface area contributed by atoms with Crippen LogP contribution in [0.1, 0.15) is 16.8 Å². The van der Waals surface area contributed by atoms with Gasteiger partial charge in [0.25, 0.3) is 0 Å². The number of esters is 1. The molecule has 0 heterocycles. The fourth-order valence-corrected chi connectivity index (χ4v) is 2.57. The van der Waals surface area contributed by atoms with Gasteiger partial charge in [-0.05, 0) is 24.3 Å². The fourth-order valence-electron chi connectivity index (χ4n) is 2.34. The standard InChI is InChI=1S/C19H21ClN2O5/c1-25-16-11-15(17(26-2)10-14(16)20)21-9-8-18(23)22-13-6-4-12(5-7-13)19(24)27-3/h4-7,10-11,21H,8-9H2,1-3H3,(H,22,23). The van der Waals surface area contributed by atoms with Gasteiger partial charge in [0.2, 0.25) is 5.91 Å². The molecule has 0 unspecified atom stereocenters. The van der Waals surface area contributed by atoms with E-state index in [1.165, 1.54) is 21.3 Å². The van der Waals surface area contributed by atoms with Gasteiger partial charge in [0.1, 0.15) is 11.5 Å². The van der Waals surface area contributed by atoms with Gasteiger partial charge in [0.15, 0.2) is 0 Å². The number of halogens is 1. The summed E-state index contributed by atoms with van der Waals surface area (Å²) < 4.78 is 15.1. The summed E-state index contributed by atoms with van der Waals surface area (Å²) in [4.78, 5) is 23.5. The summed E-state index contributed by atoms with van der Waals surface area (Å²) in [6.07, 6.45) is 0.229. The zero-order chi connectivity index (χ0) is 19.8. The van der Waals surface area contributed by atoms with Crippen LogP contribution in [0.2, 0.25) is 5.02 Å². The number of carbonyl (C=O) groups excluding carboxylic acids is 2. The first-order chi connectivity index (χ1) is 13.0. The zero-order valence-electron chi connectivity index (χ0n) is 15.3. The summed E-state index contributed by atoms with van der Waals surface area (Å²) in [5.41, 5.74) is 1.69. The van der Waals surface area contributed by atoms with Crippen molar-refractivity contribution in [3.05, 3.63) is 47.0 Å². The van der Waals surface area contributed by atoms with Crippen LogP contribution in [0.4, 0.5) is 11.4 Å². The number of nitrogens with one attached hydrogen (secondary N) is 2. The molecule has 2 aromatic rings. The molecule has 27 heavy (non-hydrogen) atoms. The van der Waals surface area contributed by atoms with Crippen molar-refractivity contribution in [2.45, 2.75) is 6.42 Å². The summed E-state index contributed by atoms with van der Waals surface area (Å²) >= 11 is 6.07. The maximum atomic E-state index is 12.1. The number of rotatable bonds is 8. The number of carbonyl (C=O) groups is 2. The second-order valence-corrected chi connectivity index (χ2v) is 5.89. The molecule has 144 valence electrons. The van der Waals surface area contributed by atoms with E-state index in [2.05, 4.69) is 15.4 Å². The van der Waals surface area contributed by atoms with Crippen molar-refractivity contribution in [3.8, 4) is 11.5 Å². The van der Waals surface area contributed by atoms with Gasteiger partial charge in [-0.2, -0.15) is 0 Å². The number of amides is 1. The average molecular weight is 393 g/mol. The van der Waals surface area contributed by atoms with Gasteiger partial charge < -0.3 is 24.8 Å². The van der Waals surface area contributed by atoms with E-state index in [0.29, 0.717) is 40.0 Å². The second-order valence-electron chi connectivity index (χ2n) is 5.48. The molecule has 0 atom stereocenters. The molecule has 0 saturated carbocycles. The van der Waals surface area contributed by atoms with Crippen LogP contribution in [0.15, 0.2) is 36.4 Å². The fraction of sp³-hybridized carbons (Fsp3) is 0.263. The summed E-state index contributed by atoms with van der Waals surface area (Å²) in [6.45, 7) is 0.382. The Balaban J connectivity index is 1.90. The van der Waals surface area contributed by atoms with Gasteiger partial charge in [-0.15, -0.1) is 0 Å². The lowest BCUT2D eigenvalue weighted by Gasteiger charge is -2.14. The Morgan fingerprint density at radius 1 is 1.00 bits per heavy atom. The molecule has 0 saturated heterocycles. The van der Waals surface area contributed by atoms with Gasteiger partial charge in [0, 0.05) is 30.8 Å². The van der Waals surface area contributed by atoms with Crippen LogP contribution < -0.4 is 20.1 Å². The van der Waals surface area contributed by atoms with Crippen molar-refractivity contribution in [1.29, 1.82) is 0 Å². The number of anilines is 2. The van der Waals surface area contributed by atoms with Gasteiger partial charge in [-0.25, -0.2) is 4.79 Å². The molecule has 0 aliphatic heterocycles. The van der Waals surface area contributed by atoms with Crippen molar-refractivity contribution in [2.24, 2.45) is 0 Å². The highest BCUT2D eigenvalue weighted by Crippen LogP contribution is 2.35. The molecule has 0 aromatic heterocycles. The van der Waals surface area contributed by atoms with E-state index in [4.69, 9.17) is 21.1 Å². The lowest BCUT2D eigenvalue weighted by atomic mass is 10.2. The van der Waals surface area contributed by atoms with Crippen molar-refractivity contribution >= 4 is 34.9 Å². The molecule has 7 nitrogen and oxygen atoms in total. The lowest BCUT2D eigenvalue weighted by Crippen LogP contribution is -2.16. The summed E-state index contributed by atoms with van der Waals surface area (Å²) in [7, 11) is 4.38. The Morgan fingerprint density at radius 2 is 1.67 bits per heavy atom. The molecule has 2 N–H and O–H groups in total. The molecule has 1 amide bonds. The first-order valence-corrected chi connectivity index (χ1v) is 8.50. The van der Waals surface area contributed by atoms with Crippen molar-refractivity contribution in [3.63, 3.8) is 0 Å². The molecule has 0 bridgehead atoms. The third-order valence-corrected chi connectivity index (χ3v) is 4.03. The Morgan fingerprint density at radius 3 is 2.26 bits per heavy atom. The Kier molecular flexibility index (Phi) is 7.31. The first kappa shape index (κ1) is 20.4. The maximum absolute atomic E-state index is 12.1. The topological polar surface area (TPSA) is 85.9 Å². The third kappa shape index (κ3) is 5.52. The summed E-state index contributed by atoms with van der Waals surface area (Å²) in [5, 5.41) is 6.33. The minimum atomic E-state index is -0.426. The van der Waals surface area contributed by atoms with Crippen molar-refractivity contribution < 1.29 is 23.8 Å². The van der Waals surface area contributed by atoms with Crippen LogP contribution in [-0.2, 0) is 9.53 Å². The minimum absolute atomic E-state index is 0.173. The molecule has 0 radical (unpaired) electrons. The van der Waals surface area contributed by atoms with Crippen LogP contribution in [0, 0.1) is 0 Å². The van der Waals surface area contributed by atoms with Crippen LogP contribution in [0.3, 0.4) is 0 Å². The largest absolute Gasteiger partial charge is 0.495 e. The highest BCUT2D eigenvalue weighted by Gasteiger charge is 2.11. The predicted molar refractivity (Wildman–Crippen MR) is 104 cm³/mol. The van der Waals surface area contributed by atoms with E-state index >= 15 is 0 Å². The van der Waals surface area contributed by atoms with Crippen molar-refractivity contribution in [2.75, 3.05) is 38.5 Å². The Labute approximate surface area is 162 Å². The van der Waals surface area contributed by atoms with E-state index in [0.717, 1.165) is 0 Å². The molecule has 2 aromatic carbocycles. The normalized spacial score (nSPS) is 10.1. The van der Waals surface area contributed by atoms with E-state index < -0.39 is 5.97 Å². The molecular weight excluding hydrogens is 372 g/mol. The SMILES string of the molecule is COC(=O)c1ccc(NC(=O)CCNc2cc(OC)c(Cl)cc2OC)cc1. The van der Waals surface area contributed by atoms with Crippen LogP contribution >= 0.6 is 11.6 Å². The van der Waals surface area contributed by atoms with Gasteiger partial charge in [-0.1, -0.05) is 11.6 Å². The summed E-state index contributed by atoms with van der Waals surface area (Å²) in [6, 6.07) is 9.82. The molecule has 0 aliphatic rings. The van der Waals surface area contributed by atoms with Crippen LogP contribution in [0.5, 0.6) is 11.5 Å². The van der Waals surface area contributed by atoms with E-state index in [9.17, 15) is 9.59 Å². The van der Waals surface area contributed by atoms with Crippen LogP contribution in [-0.4, -0.2) is 39.8 Å². The monoisotopic (exact) mass is 392 g/mol. The molecule has 0 fully saturated rings. The average Bonchev–Trinajstić information content (AvgIpc) is 2.68. The predicted octanol–water partition coefficient (Wildman–Crippen LogP) is 3.58. The highest BCUT2D eigenvalue weighted by atomic mass is 35.5. The smallest absolute Gasteiger partial charge is 0.337 e. The number of benzene rings is 2. The Bertz CT molecular complexity index is 808. The zero-order valence-corrected chi connectivity index (χ0v) is 16.1. The van der Waals surface area contributed by atoms with E-state index in [1.807, 2.05) is 0 Å². The van der Waals surface area contributed by atoms with E-state index in [-0.39, 0.29) is 12.3 Å². The first-order valence-electron chi connectivity index (χ1n) is 8.12. The van der Waals surface area contributed by atoms with Gasteiger partial charge in [-0.3, -0.25) is 4.79 Å². The van der Waals surface area contributed by atoms with Crippen LogP contribution in [0.25, 0.3) is 0 Å². The Hall–Kier alpha value is -2.93. The number of hydrogen-bond donors (Lipinski definition) is 2. The number of hydrogen-bond acceptors (Lipinski definition) is 6. The maximum Gasteiger partial charge on any atom is 0.337 e. The number of ether oxygens (including phenoxy) is 3. The lowest BCUT2D eigenvalue weighted by molar-refractivity contribution is -0.115. The molecule has 8 heteroatoms. The molecule has 0 aliphatic carbocycles. The van der Waals surface area contributed by atoms with Crippen molar-refractivity contribution in [1.82, 2.24) is 0 Å². The third-order valence-electron chi connectivity index (χ3n) is 3.73. The molecule has 0 spiro atoms. The van der Waals surface area contributed by atoms with Gasteiger partial charge >= 0.3 is 5.97 Å². The van der Waals surface area contributed by atoms with Gasteiger partial charge in [0.05, 0.1) is 37.6 Å². The second kappa shape index (κ2) is 9.68. The minimum Gasteiger partial charge on any atom is -0.495 e. The quantitative estimate of drug-likeness (QED) is 0.668. The van der Waals surface area contributed by atoms with E-state index in [1.54, 1.807) is 36.4 Å². The highest BCUT2D eigenvalue weighted by molar-refractivity contribution is 6.32. The molecular formula is C19H21ClN2O5. The summed E-state index contributed by atoms with van der Waals surface area (Å²) in [5.74, 6) is 0.465. The number of methoxy groups -OCH3 is 3. The molecule has 2 rings (SSSR count).